The van der Waals surface area contributed by atoms with E-state index in [-0.39, 0.29) is 12.3 Å². The SMILES string of the molecule is c1ccc(-c2ccc(C3=NC(c4cccc5oc6ccc(-c7ccc8ccccc8c7)cc6c45)NC(c4ccc(-c5ccccc5)cc4)N3)cc2)cc1. The van der Waals surface area contributed by atoms with E-state index in [0.29, 0.717) is 0 Å². The molecule has 0 bridgehead atoms. The first kappa shape index (κ1) is 31.0. The second-order valence-electron chi connectivity index (χ2n) is 13.7. The number of furan rings is 1. The molecule has 53 heavy (non-hydrogen) atoms. The van der Waals surface area contributed by atoms with Crippen molar-refractivity contribution in [2.75, 3.05) is 0 Å². The average Bonchev–Trinajstić information content (AvgIpc) is 3.62. The molecule has 2 atom stereocenters. The maximum absolute atomic E-state index is 6.49. The summed E-state index contributed by atoms with van der Waals surface area (Å²) in [5, 5.41) is 12.2. The van der Waals surface area contributed by atoms with Gasteiger partial charge >= 0.3 is 0 Å². The highest BCUT2D eigenvalue weighted by atomic mass is 16.3. The molecule has 2 unspecified atom stereocenters. The Morgan fingerprint density at radius 3 is 1.75 bits per heavy atom. The zero-order valence-electron chi connectivity index (χ0n) is 28.9. The van der Waals surface area contributed by atoms with Crippen LogP contribution in [0.25, 0.3) is 66.1 Å². The molecular weight excluding hydrogens is 647 g/mol. The molecule has 2 N–H and O–H groups in total. The highest BCUT2D eigenvalue weighted by Gasteiger charge is 2.28. The molecule has 4 heteroatoms. The molecule has 9 aromatic rings. The lowest BCUT2D eigenvalue weighted by molar-refractivity contribution is 0.410. The molecule has 2 heterocycles. The van der Waals surface area contributed by atoms with Crippen molar-refractivity contribution < 1.29 is 4.42 Å². The smallest absolute Gasteiger partial charge is 0.135 e. The van der Waals surface area contributed by atoms with Crippen molar-refractivity contribution in [3.8, 4) is 33.4 Å². The van der Waals surface area contributed by atoms with Crippen molar-refractivity contribution in [3.05, 3.63) is 205 Å². The van der Waals surface area contributed by atoms with Gasteiger partial charge in [0.15, 0.2) is 0 Å². The van der Waals surface area contributed by atoms with Crippen molar-refractivity contribution in [1.82, 2.24) is 10.6 Å². The summed E-state index contributed by atoms with van der Waals surface area (Å²) in [6, 6.07) is 66.4. The van der Waals surface area contributed by atoms with E-state index < -0.39 is 0 Å². The topological polar surface area (TPSA) is 49.6 Å². The summed E-state index contributed by atoms with van der Waals surface area (Å²) in [6.07, 6.45) is -0.527. The number of aliphatic imine (C=N–C) groups is 1. The van der Waals surface area contributed by atoms with Crippen LogP contribution in [0.5, 0.6) is 0 Å². The predicted octanol–water partition coefficient (Wildman–Crippen LogP) is 12.1. The van der Waals surface area contributed by atoms with E-state index in [9.17, 15) is 0 Å². The number of nitrogens with one attached hydrogen (secondary N) is 2. The van der Waals surface area contributed by atoms with E-state index in [4.69, 9.17) is 9.41 Å². The maximum Gasteiger partial charge on any atom is 0.135 e. The van der Waals surface area contributed by atoms with Gasteiger partial charge in [0.1, 0.15) is 29.3 Å². The van der Waals surface area contributed by atoms with Crippen LogP contribution in [0.15, 0.2) is 197 Å². The molecule has 0 fully saturated rings. The van der Waals surface area contributed by atoms with Crippen molar-refractivity contribution in [2.24, 2.45) is 4.99 Å². The molecule has 8 aromatic carbocycles. The molecule has 1 aliphatic heterocycles. The van der Waals surface area contributed by atoms with Crippen LogP contribution in [0.3, 0.4) is 0 Å². The molecule has 0 saturated heterocycles. The molecule has 4 nitrogen and oxygen atoms in total. The molecule has 0 aliphatic carbocycles. The lowest BCUT2D eigenvalue weighted by atomic mass is 9.97. The third-order valence-corrected chi connectivity index (χ3v) is 10.4. The lowest BCUT2D eigenvalue weighted by Gasteiger charge is -2.32. The monoisotopic (exact) mass is 681 g/mol. The van der Waals surface area contributed by atoms with Gasteiger partial charge < -0.3 is 9.73 Å². The molecule has 1 aliphatic rings. The van der Waals surface area contributed by atoms with Gasteiger partial charge in [0, 0.05) is 21.9 Å². The first-order chi connectivity index (χ1) is 26.2. The van der Waals surface area contributed by atoms with Gasteiger partial charge in [-0.3, -0.25) is 5.32 Å². The summed E-state index contributed by atoms with van der Waals surface area (Å²) < 4.78 is 6.49. The van der Waals surface area contributed by atoms with E-state index in [1.165, 1.54) is 38.6 Å². The largest absolute Gasteiger partial charge is 0.456 e. The van der Waals surface area contributed by atoms with Gasteiger partial charge in [-0.2, -0.15) is 0 Å². The summed E-state index contributed by atoms with van der Waals surface area (Å²) in [5.74, 6) is 0.840. The molecule has 0 saturated carbocycles. The van der Waals surface area contributed by atoms with Crippen LogP contribution in [-0.2, 0) is 0 Å². The van der Waals surface area contributed by atoms with Gasteiger partial charge in [-0.05, 0) is 74.0 Å². The number of nitrogens with zero attached hydrogens (tertiary/aromatic N) is 1. The van der Waals surface area contributed by atoms with E-state index in [1.54, 1.807) is 0 Å². The van der Waals surface area contributed by atoms with Gasteiger partial charge in [-0.1, -0.05) is 164 Å². The molecule has 252 valence electrons. The molecule has 0 radical (unpaired) electrons. The minimum atomic E-state index is -0.340. The summed E-state index contributed by atoms with van der Waals surface area (Å²) in [7, 11) is 0. The van der Waals surface area contributed by atoms with Crippen molar-refractivity contribution in [2.45, 2.75) is 12.3 Å². The third-order valence-electron chi connectivity index (χ3n) is 10.4. The number of benzene rings is 8. The standard InChI is InChI=1S/C49H35N3O/c1-3-10-32(11-4-1)35-18-23-37(24-19-35)47-50-48(38-25-20-36(21-26-38)33-12-5-2-6-13-33)52-49(51-47)42-16-9-17-45-46(42)43-31-41(28-29-44(43)53-45)40-27-22-34-14-7-8-15-39(34)30-40/h1-31,47,49,51H,(H,50,52). The number of amidine groups is 1. The second-order valence-corrected chi connectivity index (χ2v) is 13.7. The highest BCUT2D eigenvalue weighted by Crippen LogP contribution is 2.39. The number of hydrogen-bond acceptors (Lipinski definition) is 4. The van der Waals surface area contributed by atoms with Crippen LogP contribution < -0.4 is 10.6 Å². The molecule has 0 amide bonds. The molecular formula is C49H35N3O. The van der Waals surface area contributed by atoms with Crippen LogP contribution in [0.4, 0.5) is 0 Å². The van der Waals surface area contributed by atoms with E-state index in [1.807, 2.05) is 6.07 Å². The Labute approximate surface area is 308 Å². The van der Waals surface area contributed by atoms with Crippen LogP contribution in [-0.4, -0.2) is 5.84 Å². The van der Waals surface area contributed by atoms with E-state index in [2.05, 4.69) is 193 Å². The fraction of sp³-hybridized carbons (Fsp3) is 0.0408. The zero-order chi connectivity index (χ0) is 35.1. The van der Waals surface area contributed by atoms with E-state index >= 15 is 0 Å². The fourth-order valence-corrected chi connectivity index (χ4v) is 7.62. The minimum Gasteiger partial charge on any atom is -0.456 e. The fourth-order valence-electron chi connectivity index (χ4n) is 7.62. The zero-order valence-corrected chi connectivity index (χ0v) is 28.9. The average molecular weight is 682 g/mol. The van der Waals surface area contributed by atoms with Crippen molar-refractivity contribution in [3.63, 3.8) is 0 Å². The summed E-state index contributed by atoms with van der Waals surface area (Å²) in [5.41, 5.74) is 12.0. The van der Waals surface area contributed by atoms with Gasteiger partial charge in [-0.25, -0.2) is 4.99 Å². The minimum absolute atomic E-state index is 0.187. The number of fused-ring (bicyclic) bond motifs is 4. The Bertz CT molecular complexity index is 2770. The van der Waals surface area contributed by atoms with Crippen LogP contribution in [0.1, 0.15) is 29.0 Å². The van der Waals surface area contributed by atoms with Gasteiger partial charge in [0.2, 0.25) is 0 Å². The Hall–Kier alpha value is -6.75. The van der Waals surface area contributed by atoms with Crippen molar-refractivity contribution >= 4 is 38.5 Å². The quantitative estimate of drug-likeness (QED) is 0.184. The Balaban J connectivity index is 1.07. The summed E-state index contributed by atoms with van der Waals surface area (Å²) in [4.78, 5) is 5.37. The molecule has 0 spiro atoms. The first-order valence-corrected chi connectivity index (χ1v) is 18.1. The van der Waals surface area contributed by atoms with Gasteiger partial charge in [-0.15, -0.1) is 0 Å². The normalized spacial score (nSPS) is 15.7. The Morgan fingerprint density at radius 2 is 1.02 bits per heavy atom. The third kappa shape index (κ3) is 5.85. The number of rotatable bonds is 6. The number of hydrogen-bond donors (Lipinski definition) is 2. The Morgan fingerprint density at radius 1 is 0.434 bits per heavy atom. The van der Waals surface area contributed by atoms with Crippen LogP contribution >= 0.6 is 0 Å². The second kappa shape index (κ2) is 13.1. The molecule has 10 rings (SSSR count). The van der Waals surface area contributed by atoms with Gasteiger partial charge in [0.05, 0.1) is 0 Å². The van der Waals surface area contributed by atoms with Crippen LogP contribution in [0, 0.1) is 0 Å². The highest BCUT2D eigenvalue weighted by molar-refractivity contribution is 6.09. The molecule has 1 aromatic heterocycles. The predicted molar refractivity (Wildman–Crippen MR) is 219 cm³/mol. The summed E-state index contributed by atoms with van der Waals surface area (Å²) in [6.45, 7) is 0. The summed E-state index contributed by atoms with van der Waals surface area (Å²) >= 11 is 0. The first-order valence-electron chi connectivity index (χ1n) is 18.1. The Kier molecular flexibility index (Phi) is 7.67. The van der Waals surface area contributed by atoms with Crippen molar-refractivity contribution in [1.29, 1.82) is 0 Å². The van der Waals surface area contributed by atoms with Gasteiger partial charge in [0.25, 0.3) is 0 Å². The van der Waals surface area contributed by atoms with E-state index in [0.717, 1.165) is 50.0 Å². The lowest BCUT2D eigenvalue weighted by Crippen LogP contribution is -2.45. The maximum atomic E-state index is 6.49. The van der Waals surface area contributed by atoms with Crippen LogP contribution in [0.2, 0.25) is 0 Å².